The van der Waals surface area contributed by atoms with E-state index in [4.69, 9.17) is 16.3 Å². The van der Waals surface area contributed by atoms with Crippen LogP contribution in [0.25, 0.3) is 0 Å². The number of aliphatic imine (C=N–C) groups is 1. The number of fused-ring (bicyclic) bond motifs is 1. The highest BCUT2D eigenvalue weighted by molar-refractivity contribution is 6.31. The van der Waals surface area contributed by atoms with E-state index in [1.54, 1.807) is 13.1 Å². The maximum absolute atomic E-state index is 5.83. The first-order valence-corrected chi connectivity index (χ1v) is 4.32. The average Bonchev–Trinajstić information content (AvgIpc) is 2.16. The Morgan fingerprint density at radius 2 is 2.29 bits per heavy atom. The monoisotopic (exact) mass is 232 g/mol. The lowest BCUT2D eigenvalue weighted by Gasteiger charge is -2.20. The van der Waals surface area contributed by atoms with E-state index in [-0.39, 0.29) is 12.4 Å². The number of nitrogens with one attached hydrogen (secondary N) is 1. The maximum Gasteiger partial charge on any atom is 0.145 e. The fourth-order valence-electron chi connectivity index (χ4n) is 1.18. The van der Waals surface area contributed by atoms with Crippen molar-refractivity contribution in [2.45, 2.75) is 0 Å². The van der Waals surface area contributed by atoms with E-state index < -0.39 is 0 Å². The lowest BCUT2D eigenvalue weighted by Crippen LogP contribution is -2.25. The Kier molecular flexibility index (Phi) is 3.61. The molecule has 0 bridgehead atoms. The Balaban J connectivity index is 0.000000980. The van der Waals surface area contributed by atoms with Crippen LogP contribution in [-0.4, -0.2) is 19.5 Å². The minimum Gasteiger partial charge on any atom is -0.484 e. The largest absolute Gasteiger partial charge is 0.484 e. The van der Waals surface area contributed by atoms with Crippen LogP contribution in [0.3, 0.4) is 0 Å². The zero-order valence-corrected chi connectivity index (χ0v) is 9.15. The predicted molar refractivity (Wildman–Crippen MR) is 61.2 cm³/mol. The van der Waals surface area contributed by atoms with Gasteiger partial charge in [0.15, 0.2) is 0 Å². The zero-order chi connectivity index (χ0) is 9.26. The van der Waals surface area contributed by atoms with Crippen LogP contribution in [0.2, 0.25) is 5.02 Å². The van der Waals surface area contributed by atoms with Gasteiger partial charge in [-0.15, -0.1) is 12.4 Å². The van der Waals surface area contributed by atoms with Gasteiger partial charge in [-0.1, -0.05) is 11.6 Å². The molecule has 0 amide bonds. The molecule has 1 aliphatic heterocycles. The van der Waals surface area contributed by atoms with E-state index in [1.165, 1.54) is 0 Å². The predicted octanol–water partition coefficient (Wildman–Crippen LogP) is 2.59. The van der Waals surface area contributed by atoms with Crippen molar-refractivity contribution in [1.82, 2.24) is 0 Å². The summed E-state index contributed by atoms with van der Waals surface area (Å²) in [5.74, 6) is 1.63. The summed E-state index contributed by atoms with van der Waals surface area (Å²) in [6.45, 7) is 0.491. The van der Waals surface area contributed by atoms with Gasteiger partial charge < -0.3 is 10.1 Å². The molecule has 1 aromatic carbocycles. The van der Waals surface area contributed by atoms with Crippen molar-refractivity contribution < 1.29 is 4.74 Å². The number of ether oxygens (including phenoxy) is 1. The van der Waals surface area contributed by atoms with E-state index >= 15 is 0 Å². The van der Waals surface area contributed by atoms with Crippen molar-refractivity contribution in [2.75, 3.05) is 19.0 Å². The molecule has 0 radical (unpaired) electrons. The van der Waals surface area contributed by atoms with Crippen molar-refractivity contribution >= 4 is 35.5 Å². The van der Waals surface area contributed by atoms with Gasteiger partial charge in [-0.3, -0.25) is 4.99 Å². The fourth-order valence-corrected chi connectivity index (χ4v) is 1.36. The summed E-state index contributed by atoms with van der Waals surface area (Å²) in [6.07, 6.45) is 0. The van der Waals surface area contributed by atoms with Crippen LogP contribution in [0.4, 0.5) is 5.69 Å². The minimum absolute atomic E-state index is 0. The highest BCUT2D eigenvalue weighted by atomic mass is 35.5. The molecule has 1 aliphatic rings. The van der Waals surface area contributed by atoms with E-state index in [0.717, 1.165) is 17.3 Å². The van der Waals surface area contributed by atoms with Crippen LogP contribution in [0.15, 0.2) is 23.2 Å². The lowest BCUT2D eigenvalue weighted by molar-refractivity contribution is 0.372. The second-order valence-electron chi connectivity index (χ2n) is 2.72. The van der Waals surface area contributed by atoms with Gasteiger partial charge in [-0.25, -0.2) is 0 Å². The molecule has 14 heavy (non-hydrogen) atoms. The molecule has 0 saturated heterocycles. The van der Waals surface area contributed by atoms with Gasteiger partial charge in [0.1, 0.15) is 18.2 Å². The van der Waals surface area contributed by atoms with Gasteiger partial charge >= 0.3 is 0 Å². The molecule has 1 heterocycles. The summed E-state index contributed by atoms with van der Waals surface area (Å²) in [7, 11) is 1.72. The molecule has 0 spiro atoms. The van der Waals surface area contributed by atoms with E-state index in [2.05, 4.69) is 10.3 Å². The topological polar surface area (TPSA) is 33.6 Å². The molecule has 0 aromatic heterocycles. The molecular weight excluding hydrogens is 223 g/mol. The van der Waals surface area contributed by atoms with Crippen molar-refractivity contribution in [1.29, 1.82) is 0 Å². The van der Waals surface area contributed by atoms with Crippen molar-refractivity contribution in [3.63, 3.8) is 0 Å². The number of hydrogen-bond acceptors (Lipinski definition) is 2. The molecule has 5 heteroatoms. The molecule has 1 N–H and O–H groups in total. The van der Waals surface area contributed by atoms with E-state index in [9.17, 15) is 0 Å². The molecular formula is C9H10Cl2N2O. The van der Waals surface area contributed by atoms with E-state index in [1.807, 2.05) is 12.1 Å². The Morgan fingerprint density at radius 3 is 3.00 bits per heavy atom. The molecule has 2 rings (SSSR count). The summed E-state index contributed by atoms with van der Waals surface area (Å²) in [5.41, 5.74) is 0.874. The number of hydrogen-bond donors (Lipinski definition) is 1. The summed E-state index contributed by atoms with van der Waals surface area (Å²) >= 11 is 5.83. The van der Waals surface area contributed by atoms with Gasteiger partial charge in [0.25, 0.3) is 0 Å². The molecule has 0 saturated carbocycles. The third-order valence-electron chi connectivity index (χ3n) is 1.85. The lowest BCUT2D eigenvalue weighted by atomic mass is 10.2. The number of rotatable bonds is 0. The number of halogens is 2. The second kappa shape index (κ2) is 4.53. The van der Waals surface area contributed by atoms with E-state index in [0.29, 0.717) is 11.6 Å². The Hall–Kier alpha value is -0.930. The van der Waals surface area contributed by atoms with Gasteiger partial charge in [0.05, 0.1) is 5.69 Å². The first-order chi connectivity index (χ1) is 6.29. The Morgan fingerprint density at radius 1 is 1.50 bits per heavy atom. The molecule has 76 valence electrons. The minimum atomic E-state index is 0. The van der Waals surface area contributed by atoms with Gasteiger partial charge in [-0.2, -0.15) is 0 Å². The standard InChI is InChI=1S/C9H9ClN2O.ClH/c1-11-9-5-13-8-3-2-6(10)4-7(8)12-9;/h2-4H,5H2,1H3,(H,11,12);1H. The summed E-state index contributed by atoms with van der Waals surface area (Å²) < 4.78 is 5.43. The highest BCUT2D eigenvalue weighted by Crippen LogP contribution is 2.30. The molecule has 0 fully saturated rings. The molecule has 0 atom stereocenters. The van der Waals surface area contributed by atoms with Crippen LogP contribution in [0.5, 0.6) is 5.75 Å². The van der Waals surface area contributed by atoms with Crippen molar-refractivity contribution in [2.24, 2.45) is 4.99 Å². The van der Waals surface area contributed by atoms with Crippen LogP contribution in [-0.2, 0) is 0 Å². The Bertz CT molecular complexity index is 366. The molecule has 0 unspecified atom stereocenters. The smallest absolute Gasteiger partial charge is 0.145 e. The Labute approximate surface area is 93.5 Å². The second-order valence-corrected chi connectivity index (χ2v) is 3.16. The quantitative estimate of drug-likeness (QED) is 0.747. The molecule has 3 nitrogen and oxygen atoms in total. The SMILES string of the molecule is CN=C1COc2ccc(Cl)cc2N1.Cl. The van der Waals surface area contributed by atoms with Gasteiger partial charge in [0, 0.05) is 12.1 Å². The van der Waals surface area contributed by atoms with Crippen molar-refractivity contribution in [3.8, 4) is 5.75 Å². The summed E-state index contributed by atoms with van der Waals surface area (Å²) in [4.78, 5) is 4.01. The summed E-state index contributed by atoms with van der Waals surface area (Å²) in [6, 6.07) is 5.47. The van der Waals surface area contributed by atoms with Gasteiger partial charge in [-0.05, 0) is 18.2 Å². The first-order valence-electron chi connectivity index (χ1n) is 3.94. The highest BCUT2D eigenvalue weighted by Gasteiger charge is 2.13. The third kappa shape index (κ3) is 2.11. The third-order valence-corrected chi connectivity index (χ3v) is 2.09. The average molecular weight is 233 g/mol. The van der Waals surface area contributed by atoms with Gasteiger partial charge in [0.2, 0.25) is 0 Å². The normalized spacial score (nSPS) is 16.3. The fraction of sp³-hybridized carbons (Fsp3) is 0.222. The van der Waals surface area contributed by atoms with Crippen LogP contribution >= 0.6 is 24.0 Å². The number of nitrogens with zero attached hydrogens (tertiary/aromatic N) is 1. The zero-order valence-electron chi connectivity index (χ0n) is 7.58. The summed E-state index contributed by atoms with van der Waals surface area (Å²) in [5, 5.41) is 3.82. The number of benzene rings is 1. The first kappa shape index (κ1) is 11.1. The number of anilines is 1. The van der Waals surface area contributed by atoms with Crippen LogP contribution in [0.1, 0.15) is 0 Å². The number of amidine groups is 1. The maximum atomic E-state index is 5.83. The van der Waals surface area contributed by atoms with Crippen molar-refractivity contribution in [3.05, 3.63) is 23.2 Å². The molecule has 1 aromatic rings. The molecule has 0 aliphatic carbocycles. The van der Waals surface area contributed by atoms with Crippen LogP contribution < -0.4 is 10.1 Å². The van der Waals surface area contributed by atoms with Crippen LogP contribution in [0, 0.1) is 0 Å².